The third-order valence-corrected chi connectivity index (χ3v) is 3.79. The van der Waals surface area contributed by atoms with Gasteiger partial charge in [-0.05, 0) is 32.8 Å². The number of carbonyl (C=O) groups excluding carboxylic acids is 1. The number of halogens is 2. The van der Waals surface area contributed by atoms with Gasteiger partial charge in [-0.1, -0.05) is 6.42 Å². The monoisotopic (exact) mass is 285 g/mol. The van der Waals surface area contributed by atoms with Crippen LogP contribution in [0.15, 0.2) is 12.3 Å². The average molecular weight is 285 g/mol. The zero-order chi connectivity index (χ0) is 14.8. The summed E-state index contributed by atoms with van der Waals surface area (Å²) in [5.41, 5.74) is 0.276. The van der Waals surface area contributed by atoms with Crippen molar-refractivity contribution >= 4 is 5.91 Å². The zero-order valence-electron chi connectivity index (χ0n) is 11.9. The highest BCUT2D eigenvalue weighted by Crippen LogP contribution is 2.37. The van der Waals surface area contributed by atoms with Crippen LogP contribution < -0.4 is 5.32 Å². The molecule has 0 spiro atoms. The molecule has 1 fully saturated rings. The van der Waals surface area contributed by atoms with Gasteiger partial charge < -0.3 is 5.32 Å². The summed E-state index contributed by atoms with van der Waals surface area (Å²) >= 11 is 0. The number of carbonyl (C=O) groups is 1. The van der Waals surface area contributed by atoms with Gasteiger partial charge in [0.2, 0.25) is 0 Å². The second-order valence-electron chi connectivity index (χ2n) is 5.69. The molecule has 1 heterocycles. The molecule has 1 aromatic heterocycles. The molecule has 0 saturated heterocycles. The molecule has 0 aromatic carbocycles. The predicted molar refractivity (Wildman–Crippen MR) is 71.9 cm³/mol. The van der Waals surface area contributed by atoms with Crippen LogP contribution >= 0.6 is 0 Å². The van der Waals surface area contributed by atoms with E-state index in [1.165, 1.54) is 0 Å². The lowest BCUT2D eigenvalue weighted by Crippen LogP contribution is -2.40. The van der Waals surface area contributed by atoms with E-state index in [9.17, 15) is 13.6 Å². The van der Waals surface area contributed by atoms with E-state index in [4.69, 9.17) is 0 Å². The van der Waals surface area contributed by atoms with Gasteiger partial charge in [0.15, 0.2) is 0 Å². The van der Waals surface area contributed by atoms with Gasteiger partial charge >= 0.3 is 0 Å². The van der Waals surface area contributed by atoms with Crippen molar-refractivity contribution in [1.82, 2.24) is 15.1 Å². The SMILES string of the molecule is CC(C)n1ccc(C(=O)NCC2CCCCC2(F)F)n1. The molecule has 1 aliphatic carbocycles. The summed E-state index contributed by atoms with van der Waals surface area (Å²) in [4.78, 5) is 11.9. The number of nitrogens with one attached hydrogen (secondary N) is 1. The molecule has 4 nitrogen and oxygen atoms in total. The van der Waals surface area contributed by atoms with Crippen molar-refractivity contribution < 1.29 is 13.6 Å². The molecule has 1 aliphatic rings. The van der Waals surface area contributed by atoms with E-state index in [-0.39, 0.29) is 30.6 Å². The maximum absolute atomic E-state index is 13.7. The highest BCUT2D eigenvalue weighted by atomic mass is 19.3. The van der Waals surface area contributed by atoms with E-state index < -0.39 is 11.8 Å². The van der Waals surface area contributed by atoms with Crippen molar-refractivity contribution in [3.8, 4) is 0 Å². The smallest absolute Gasteiger partial charge is 0.271 e. The van der Waals surface area contributed by atoms with E-state index in [0.717, 1.165) is 6.42 Å². The first-order valence-corrected chi connectivity index (χ1v) is 7.11. The predicted octanol–water partition coefficient (Wildman–Crippen LogP) is 3.02. The van der Waals surface area contributed by atoms with E-state index in [1.807, 2.05) is 13.8 Å². The number of rotatable bonds is 4. The average Bonchev–Trinajstić information content (AvgIpc) is 2.86. The quantitative estimate of drug-likeness (QED) is 0.924. The Morgan fingerprint density at radius 1 is 1.55 bits per heavy atom. The standard InChI is InChI=1S/C14H21F2N3O/c1-10(2)19-8-6-12(18-19)13(20)17-9-11-5-3-4-7-14(11,15)16/h6,8,10-11H,3-5,7,9H2,1-2H3,(H,17,20). The summed E-state index contributed by atoms with van der Waals surface area (Å²) in [6.07, 6.45) is 3.48. The fourth-order valence-electron chi connectivity index (χ4n) is 2.47. The van der Waals surface area contributed by atoms with Crippen LogP contribution in [0.5, 0.6) is 0 Å². The molecular formula is C14H21F2N3O. The van der Waals surface area contributed by atoms with Gasteiger partial charge in [-0.2, -0.15) is 5.10 Å². The van der Waals surface area contributed by atoms with Gasteiger partial charge in [-0.15, -0.1) is 0 Å². The van der Waals surface area contributed by atoms with Gasteiger partial charge in [0.1, 0.15) is 5.69 Å². The van der Waals surface area contributed by atoms with Crippen molar-refractivity contribution in [1.29, 1.82) is 0 Å². The number of nitrogens with zero attached hydrogens (tertiary/aromatic N) is 2. The van der Waals surface area contributed by atoms with Gasteiger partial charge in [0, 0.05) is 31.1 Å². The Morgan fingerprint density at radius 3 is 2.90 bits per heavy atom. The normalized spacial score (nSPS) is 21.9. The molecule has 0 bridgehead atoms. The van der Waals surface area contributed by atoms with Crippen molar-refractivity contribution in [3.05, 3.63) is 18.0 Å². The minimum absolute atomic E-state index is 0.0143. The summed E-state index contributed by atoms with van der Waals surface area (Å²) < 4.78 is 29.0. The lowest BCUT2D eigenvalue weighted by molar-refractivity contribution is -0.0835. The minimum Gasteiger partial charge on any atom is -0.350 e. The maximum Gasteiger partial charge on any atom is 0.271 e. The summed E-state index contributed by atoms with van der Waals surface area (Å²) in [6.45, 7) is 3.93. The molecule has 0 radical (unpaired) electrons. The van der Waals surface area contributed by atoms with Crippen LogP contribution in [0.3, 0.4) is 0 Å². The number of alkyl halides is 2. The fraction of sp³-hybridized carbons (Fsp3) is 0.714. The Balaban J connectivity index is 1.91. The van der Waals surface area contributed by atoms with Crippen LogP contribution in [0.1, 0.15) is 56.1 Å². The van der Waals surface area contributed by atoms with Crippen LogP contribution in [-0.4, -0.2) is 28.2 Å². The van der Waals surface area contributed by atoms with E-state index in [1.54, 1.807) is 16.9 Å². The molecular weight excluding hydrogens is 264 g/mol. The van der Waals surface area contributed by atoms with Crippen LogP contribution in [0.4, 0.5) is 8.78 Å². The third kappa shape index (κ3) is 3.35. The Morgan fingerprint density at radius 2 is 2.30 bits per heavy atom. The largest absolute Gasteiger partial charge is 0.350 e. The third-order valence-electron chi connectivity index (χ3n) is 3.79. The highest BCUT2D eigenvalue weighted by Gasteiger charge is 2.41. The molecule has 1 atom stereocenters. The van der Waals surface area contributed by atoms with Gasteiger partial charge in [-0.25, -0.2) is 8.78 Å². The van der Waals surface area contributed by atoms with Crippen molar-refractivity contribution in [2.75, 3.05) is 6.54 Å². The first-order valence-electron chi connectivity index (χ1n) is 7.11. The second-order valence-corrected chi connectivity index (χ2v) is 5.69. The lowest BCUT2D eigenvalue weighted by atomic mass is 9.85. The van der Waals surface area contributed by atoms with E-state index in [2.05, 4.69) is 10.4 Å². The van der Waals surface area contributed by atoms with E-state index >= 15 is 0 Å². The summed E-state index contributed by atoms with van der Waals surface area (Å²) in [5, 5.41) is 6.71. The lowest BCUT2D eigenvalue weighted by Gasteiger charge is -2.31. The Labute approximate surface area is 117 Å². The molecule has 1 N–H and O–H groups in total. The Hall–Kier alpha value is -1.46. The van der Waals surface area contributed by atoms with Crippen molar-refractivity contribution in [3.63, 3.8) is 0 Å². The molecule has 112 valence electrons. The van der Waals surface area contributed by atoms with Crippen LogP contribution in [-0.2, 0) is 0 Å². The Kier molecular flexibility index (Phi) is 4.40. The summed E-state index contributed by atoms with van der Waals surface area (Å²) in [5.74, 6) is -3.80. The van der Waals surface area contributed by atoms with Gasteiger partial charge in [0.05, 0.1) is 0 Å². The summed E-state index contributed by atoms with van der Waals surface area (Å²) in [7, 11) is 0. The molecule has 1 saturated carbocycles. The van der Waals surface area contributed by atoms with Crippen molar-refractivity contribution in [2.45, 2.75) is 51.5 Å². The molecule has 2 rings (SSSR count). The first kappa shape index (κ1) is 14.9. The molecule has 1 amide bonds. The Bertz CT molecular complexity index is 471. The molecule has 6 heteroatoms. The number of aromatic nitrogens is 2. The minimum atomic E-state index is -2.66. The maximum atomic E-state index is 13.7. The van der Waals surface area contributed by atoms with Gasteiger partial charge in [0.25, 0.3) is 11.8 Å². The highest BCUT2D eigenvalue weighted by molar-refractivity contribution is 5.92. The molecule has 0 aliphatic heterocycles. The van der Waals surface area contributed by atoms with Crippen LogP contribution in [0, 0.1) is 5.92 Å². The number of hydrogen-bond acceptors (Lipinski definition) is 2. The number of hydrogen-bond donors (Lipinski definition) is 1. The molecule has 1 unspecified atom stereocenters. The van der Waals surface area contributed by atoms with E-state index in [0.29, 0.717) is 12.8 Å². The van der Waals surface area contributed by atoms with Crippen LogP contribution in [0.2, 0.25) is 0 Å². The second kappa shape index (κ2) is 5.89. The van der Waals surface area contributed by atoms with Crippen molar-refractivity contribution in [2.24, 2.45) is 5.92 Å². The summed E-state index contributed by atoms with van der Waals surface area (Å²) in [6, 6.07) is 1.77. The fourth-order valence-corrected chi connectivity index (χ4v) is 2.47. The first-order chi connectivity index (χ1) is 9.40. The zero-order valence-corrected chi connectivity index (χ0v) is 11.9. The van der Waals surface area contributed by atoms with Gasteiger partial charge in [-0.3, -0.25) is 9.48 Å². The molecule has 20 heavy (non-hydrogen) atoms. The number of amides is 1. The topological polar surface area (TPSA) is 46.9 Å². The molecule has 1 aromatic rings. The van der Waals surface area contributed by atoms with Crippen LogP contribution in [0.25, 0.3) is 0 Å².